The number of carbonyl (C=O) groups is 3. The molecule has 130 valence electrons. The fourth-order valence-corrected chi connectivity index (χ4v) is 3.79. The molecule has 2 aliphatic rings. The molecule has 2 rings (SSSR count). The number of ketones is 1. The first-order valence-corrected chi connectivity index (χ1v) is 8.54. The zero-order chi connectivity index (χ0) is 16.8. The van der Waals surface area contributed by atoms with Gasteiger partial charge in [0.25, 0.3) is 0 Å². The summed E-state index contributed by atoms with van der Waals surface area (Å²) in [6, 6.07) is 0. The van der Waals surface area contributed by atoms with Gasteiger partial charge in [-0.15, -0.1) is 0 Å². The summed E-state index contributed by atoms with van der Waals surface area (Å²) in [5.41, 5.74) is 0. The maximum atomic E-state index is 12.0. The number of carboxylic acid groups (broad SMARTS) is 2. The lowest BCUT2D eigenvalue weighted by atomic mass is 9.79. The highest BCUT2D eigenvalue weighted by Gasteiger charge is 2.37. The predicted octanol–water partition coefficient (Wildman–Crippen LogP) is 2.50. The third kappa shape index (κ3) is 5.61. The van der Waals surface area contributed by atoms with Crippen LogP contribution in [0.1, 0.15) is 57.8 Å². The normalized spacial score (nSPS) is 29.1. The second-order valence-electron chi connectivity index (χ2n) is 6.96. The fourth-order valence-electron chi connectivity index (χ4n) is 3.79. The van der Waals surface area contributed by atoms with Gasteiger partial charge in [0.15, 0.2) is 5.78 Å². The van der Waals surface area contributed by atoms with Crippen LogP contribution in [-0.4, -0.2) is 40.6 Å². The van der Waals surface area contributed by atoms with Gasteiger partial charge in [-0.3, -0.25) is 14.4 Å². The Morgan fingerprint density at radius 1 is 0.870 bits per heavy atom. The molecule has 6 nitrogen and oxygen atoms in total. The number of hydrogen-bond donors (Lipinski definition) is 2. The van der Waals surface area contributed by atoms with E-state index in [4.69, 9.17) is 14.9 Å². The average Bonchev–Trinajstić information content (AvgIpc) is 2.53. The first-order chi connectivity index (χ1) is 11.0. The Morgan fingerprint density at radius 3 is 1.96 bits per heavy atom. The second-order valence-corrected chi connectivity index (χ2v) is 6.96. The number of carboxylic acids is 2. The zero-order valence-electron chi connectivity index (χ0n) is 13.4. The molecule has 0 aromatic rings. The van der Waals surface area contributed by atoms with E-state index < -0.39 is 29.9 Å². The Labute approximate surface area is 136 Å². The monoisotopic (exact) mass is 326 g/mol. The highest BCUT2D eigenvalue weighted by Crippen LogP contribution is 2.32. The molecule has 0 bridgehead atoms. The van der Waals surface area contributed by atoms with Crippen molar-refractivity contribution in [3.05, 3.63) is 0 Å². The predicted molar refractivity (Wildman–Crippen MR) is 82.0 cm³/mol. The summed E-state index contributed by atoms with van der Waals surface area (Å²) in [4.78, 5) is 34.3. The van der Waals surface area contributed by atoms with Gasteiger partial charge in [0.05, 0.1) is 17.9 Å². The molecule has 2 aliphatic carbocycles. The van der Waals surface area contributed by atoms with Gasteiger partial charge in [-0.25, -0.2) is 0 Å². The van der Waals surface area contributed by atoms with Crippen LogP contribution in [0, 0.1) is 17.8 Å². The Bertz CT molecular complexity index is 418. The first-order valence-electron chi connectivity index (χ1n) is 8.54. The van der Waals surface area contributed by atoms with Crippen LogP contribution in [0.25, 0.3) is 0 Å². The van der Waals surface area contributed by atoms with Crippen molar-refractivity contribution in [1.82, 2.24) is 0 Å². The summed E-state index contributed by atoms with van der Waals surface area (Å²) in [6.07, 6.45) is 6.58. The maximum absolute atomic E-state index is 12.0. The zero-order valence-corrected chi connectivity index (χ0v) is 13.4. The molecule has 0 heterocycles. The SMILES string of the molecule is O=C(COC1CC(C(=O)O)CC(C(=O)O)C1)CC1CCCCC1. The third-order valence-corrected chi connectivity index (χ3v) is 5.08. The van der Waals surface area contributed by atoms with Crippen molar-refractivity contribution in [1.29, 1.82) is 0 Å². The van der Waals surface area contributed by atoms with Crippen LogP contribution in [0.4, 0.5) is 0 Å². The van der Waals surface area contributed by atoms with Crippen molar-refractivity contribution < 1.29 is 29.3 Å². The van der Waals surface area contributed by atoms with Gasteiger partial charge in [0.1, 0.15) is 6.61 Å². The number of rotatable bonds is 7. The van der Waals surface area contributed by atoms with Gasteiger partial charge in [0.2, 0.25) is 0 Å². The largest absolute Gasteiger partial charge is 0.481 e. The Hall–Kier alpha value is -1.43. The summed E-state index contributed by atoms with van der Waals surface area (Å²) in [6.45, 7) is -0.0279. The average molecular weight is 326 g/mol. The van der Waals surface area contributed by atoms with Crippen molar-refractivity contribution in [2.75, 3.05) is 6.61 Å². The quantitative estimate of drug-likeness (QED) is 0.745. The second kappa shape index (κ2) is 8.43. The van der Waals surface area contributed by atoms with Crippen LogP contribution in [0.2, 0.25) is 0 Å². The molecule has 0 spiro atoms. The fraction of sp³-hybridized carbons (Fsp3) is 0.824. The molecule has 0 amide bonds. The number of aliphatic carboxylic acids is 2. The molecule has 2 atom stereocenters. The van der Waals surface area contributed by atoms with Crippen molar-refractivity contribution in [2.45, 2.75) is 63.9 Å². The minimum absolute atomic E-state index is 0.0279. The van der Waals surface area contributed by atoms with Gasteiger partial charge in [-0.1, -0.05) is 32.1 Å². The van der Waals surface area contributed by atoms with Crippen molar-refractivity contribution >= 4 is 17.7 Å². The molecule has 0 aliphatic heterocycles. The van der Waals surface area contributed by atoms with E-state index >= 15 is 0 Å². The van der Waals surface area contributed by atoms with Crippen LogP contribution in [0.5, 0.6) is 0 Å². The van der Waals surface area contributed by atoms with Gasteiger partial charge in [-0.2, -0.15) is 0 Å². The van der Waals surface area contributed by atoms with Crippen LogP contribution >= 0.6 is 0 Å². The van der Waals surface area contributed by atoms with E-state index in [1.165, 1.54) is 19.3 Å². The maximum Gasteiger partial charge on any atom is 0.306 e. The minimum atomic E-state index is -0.988. The molecule has 0 saturated heterocycles. The van der Waals surface area contributed by atoms with E-state index in [1.54, 1.807) is 0 Å². The molecule has 0 radical (unpaired) electrons. The van der Waals surface area contributed by atoms with E-state index in [0.29, 0.717) is 12.3 Å². The topological polar surface area (TPSA) is 101 Å². The van der Waals surface area contributed by atoms with Gasteiger partial charge >= 0.3 is 11.9 Å². The van der Waals surface area contributed by atoms with Crippen LogP contribution in [-0.2, 0) is 19.1 Å². The number of carbonyl (C=O) groups excluding carboxylic acids is 1. The highest BCUT2D eigenvalue weighted by atomic mass is 16.5. The summed E-state index contributed by atoms with van der Waals surface area (Å²) in [5, 5.41) is 18.3. The number of Topliss-reactive ketones (excluding diaryl/α,β-unsaturated/α-hetero) is 1. The van der Waals surface area contributed by atoms with Gasteiger partial charge in [0, 0.05) is 6.42 Å². The molecule has 2 N–H and O–H groups in total. The molecule has 2 fully saturated rings. The molecule has 23 heavy (non-hydrogen) atoms. The van der Waals surface area contributed by atoms with Crippen LogP contribution < -0.4 is 0 Å². The smallest absolute Gasteiger partial charge is 0.306 e. The van der Waals surface area contributed by atoms with E-state index in [1.807, 2.05) is 0 Å². The molecule has 2 unspecified atom stereocenters. The molecule has 2 saturated carbocycles. The van der Waals surface area contributed by atoms with E-state index in [0.717, 1.165) is 12.8 Å². The van der Waals surface area contributed by atoms with Crippen molar-refractivity contribution in [3.8, 4) is 0 Å². The summed E-state index contributed by atoms with van der Waals surface area (Å²) in [5.74, 6) is -2.89. The van der Waals surface area contributed by atoms with E-state index in [-0.39, 0.29) is 31.7 Å². The van der Waals surface area contributed by atoms with E-state index in [9.17, 15) is 14.4 Å². The number of ether oxygens (including phenoxy) is 1. The lowest BCUT2D eigenvalue weighted by molar-refractivity contribution is -0.152. The number of hydrogen-bond acceptors (Lipinski definition) is 4. The van der Waals surface area contributed by atoms with Gasteiger partial charge < -0.3 is 14.9 Å². The Kier molecular flexibility index (Phi) is 6.57. The molecule has 0 aromatic heterocycles. The van der Waals surface area contributed by atoms with Crippen LogP contribution in [0.3, 0.4) is 0 Å². The Balaban J connectivity index is 1.79. The molecular weight excluding hydrogens is 300 g/mol. The summed E-state index contributed by atoms with van der Waals surface area (Å²) < 4.78 is 5.57. The molecular formula is C17H26O6. The van der Waals surface area contributed by atoms with Crippen molar-refractivity contribution in [3.63, 3.8) is 0 Å². The third-order valence-electron chi connectivity index (χ3n) is 5.08. The Morgan fingerprint density at radius 2 is 1.43 bits per heavy atom. The van der Waals surface area contributed by atoms with Gasteiger partial charge in [-0.05, 0) is 25.2 Å². The summed E-state index contributed by atoms with van der Waals surface area (Å²) in [7, 11) is 0. The molecule has 0 aromatic carbocycles. The first kappa shape index (κ1) is 17.9. The minimum Gasteiger partial charge on any atom is -0.481 e. The lowest BCUT2D eigenvalue weighted by Gasteiger charge is -2.31. The lowest BCUT2D eigenvalue weighted by Crippen LogP contribution is -2.36. The van der Waals surface area contributed by atoms with E-state index in [2.05, 4.69) is 0 Å². The van der Waals surface area contributed by atoms with Crippen LogP contribution in [0.15, 0.2) is 0 Å². The standard InChI is InChI=1S/C17H26O6/c18-14(6-11-4-2-1-3-5-11)10-23-15-8-12(16(19)20)7-13(9-15)17(21)22/h11-13,15H,1-10H2,(H,19,20)(H,21,22). The molecule has 6 heteroatoms. The highest BCUT2D eigenvalue weighted by molar-refractivity contribution is 5.80. The summed E-state index contributed by atoms with van der Waals surface area (Å²) >= 11 is 0. The van der Waals surface area contributed by atoms with Crippen molar-refractivity contribution in [2.24, 2.45) is 17.8 Å².